The minimum absolute atomic E-state index is 0.0301. The summed E-state index contributed by atoms with van der Waals surface area (Å²) in [5, 5.41) is 2.83. The number of halogens is 1. The molecule has 3 aromatic rings. The normalized spacial score (nSPS) is 10.5. The summed E-state index contributed by atoms with van der Waals surface area (Å²) in [7, 11) is 0. The van der Waals surface area contributed by atoms with Crippen LogP contribution in [0.2, 0.25) is 0 Å². The van der Waals surface area contributed by atoms with E-state index in [-0.39, 0.29) is 12.5 Å². The standard InChI is InChI=1S/C19H18BrN3O2/c1-14-21-10-11-23(14)12-15-2-6-17(7-3-15)22-19(24)13-25-18-8-4-16(20)5-9-18/h2-11H,12-13H2,1H3,(H,22,24). The number of nitrogens with one attached hydrogen (secondary N) is 1. The second-order valence-electron chi connectivity index (χ2n) is 5.59. The van der Waals surface area contributed by atoms with E-state index in [9.17, 15) is 4.79 Å². The van der Waals surface area contributed by atoms with Crippen LogP contribution in [0.25, 0.3) is 0 Å². The first-order chi connectivity index (χ1) is 12.1. The first-order valence-corrected chi connectivity index (χ1v) is 8.64. The predicted octanol–water partition coefficient (Wildman–Crippen LogP) is 4.02. The topological polar surface area (TPSA) is 56.2 Å². The molecule has 0 aliphatic heterocycles. The first kappa shape index (κ1) is 17.2. The van der Waals surface area contributed by atoms with Gasteiger partial charge in [0.25, 0.3) is 5.91 Å². The van der Waals surface area contributed by atoms with Gasteiger partial charge in [0.05, 0.1) is 0 Å². The van der Waals surface area contributed by atoms with Gasteiger partial charge in [0.1, 0.15) is 11.6 Å². The number of carbonyl (C=O) groups is 1. The number of rotatable bonds is 6. The van der Waals surface area contributed by atoms with Gasteiger partial charge in [-0.15, -0.1) is 0 Å². The number of imidazole rings is 1. The molecule has 1 aromatic heterocycles. The SMILES string of the molecule is Cc1nccn1Cc1ccc(NC(=O)COc2ccc(Br)cc2)cc1. The van der Waals surface area contributed by atoms with Crippen molar-refractivity contribution in [3.8, 4) is 5.75 Å². The molecule has 0 radical (unpaired) electrons. The molecule has 25 heavy (non-hydrogen) atoms. The van der Waals surface area contributed by atoms with E-state index in [2.05, 4.69) is 30.8 Å². The Morgan fingerprint density at radius 2 is 1.88 bits per heavy atom. The molecule has 1 N–H and O–H groups in total. The molecule has 1 heterocycles. The monoisotopic (exact) mass is 399 g/mol. The second kappa shape index (κ2) is 7.98. The van der Waals surface area contributed by atoms with Gasteiger partial charge in [-0.2, -0.15) is 0 Å². The van der Waals surface area contributed by atoms with Crippen molar-refractivity contribution in [3.63, 3.8) is 0 Å². The number of aryl methyl sites for hydroxylation is 1. The highest BCUT2D eigenvalue weighted by Gasteiger charge is 2.05. The van der Waals surface area contributed by atoms with Crippen LogP contribution in [-0.4, -0.2) is 22.1 Å². The summed E-state index contributed by atoms with van der Waals surface area (Å²) >= 11 is 3.36. The fraction of sp³-hybridized carbons (Fsp3) is 0.158. The van der Waals surface area contributed by atoms with Crippen LogP contribution in [0.4, 0.5) is 5.69 Å². The van der Waals surface area contributed by atoms with E-state index < -0.39 is 0 Å². The summed E-state index contributed by atoms with van der Waals surface area (Å²) < 4.78 is 8.50. The summed E-state index contributed by atoms with van der Waals surface area (Å²) in [6, 6.07) is 15.1. The molecule has 3 rings (SSSR count). The fourth-order valence-corrected chi connectivity index (χ4v) is 2.60. The van der Waals surface area contributed by atoms with Crippen LogP contribution >= 0.6 is 15.9 Å². The van der Waals surface area contributed by atoms with Crippen molar-refractivity contribution in [2.45, 2.75) is 13.5 Å². The summed E-state index contributed by atoms with van der Waals surface area (Å²) in [4.78, 5) is 16.2. The summed E-state index contributed by atoms with van der Waals surface area (Å²) in [5.41, 5.74) is 1.89. The Morgan fingerprint density at radius 1 is 1.16 bits per heavy atom. The average molecular weight is 400 g/mol. The number of hydrogen-bond acceptors (Lipinski definition) is 3. The van der Waals surface area contributed by atoms with Crippen LogP contribution in [0.3, 0.4) is 0 Å². The molecule has 128 valence electrons. The van der Waals surface area contributed by atoms with Gasteiger partial charge in [0.15, 0.2) is 6.61 Å². The van der Waals surface area contributed by atoms with Gasteiger partial charge < -0.3 is 14.6 Å². The van der Waals surface area contributed by atoms with Crippen LogP contribution in [-0.2, 0) is 11.3 Å². The maximum Gasteiger partial charge on any atom is 0.262 e. The summed E-state index contributed by atoms with van der Waals surface area (Å²) in [6.45, 7) is 2.70. The van der Waals surface area contributed by atoms with Crippen molar-refractivity contribution in [1.29, 1.82) is 0 Å². The predicted molar refractivity (Wildman–Crippen MR) is 101 cm³/mol. The van der Waals surface area contributed by atoms with Crippen LogP contribution < -0.4 is 10.1 Å². The lowest BCUT2D eigenvalue weighted by Gasteiger charge is -2.09. The lowest BCUT2D eigenvalue weighted by molar-refractivity contribution is -0.118. The highest BCUT2D eigenvalue weighted by atomic mass is 79.9. The van der Waals surface area contributed by atoms with Crippen LogP contribution in [0, 0.1) is 6.92 Å². The van der Waals surface area contributed by atoms with Crippen LogP contribution in [0.5, 0.6) is 5.75 Å². The molecule has 0 unspecified atom stereocenters. The Balaban J connectivity index is 1.51. The van der Waals surface area contributed by atoms with Gasteiger partial charge in [-0.3, -0.25) is 4.79 Å². The maximum atomic E-state index is 12.0. The van der Waals surface area contributed by atoms with Gasteiger partial charge in [0.2, 0.25) is 0 Å². The average Bonchev–Trinajstić information content (AvgIpc) is 3.01. The van der Waals surface area contributed by atoms with Crippen molar-refractivity contribution in [3.05, 3.63) is 76.8 Å². The number of amides is 1. The third-order valence-electron chi connectivity index (χ3n) is 3.70. The zero-order valence-electron chi connectivity index (χ0n) is 13.8. The Morgan fingerprint density at radius 3 is 2.52 bits per heavy atom. The summed E-state index contributed by atoms with van der Waals surface area (Å²) in [5.74, 6) is 1.44. The molecule has 0 bridgehead atoms. The highest BCUT2D eigenvalue weighted by Crippen LogP contribution is 2.16. The summed E-state index contributed by atoms with van der Waals surface area (Å²) in [6.07, 6.45) is 3.74. The van der Waals surface area contributed by atoms with E-state index >= 15 is 0 Å². The number of carbonyl (C=O) groups excluding carboxylic acids is 1. The van der Waals surface area contributed by atoms with E-state index in [0.717, 1.165) is 28.1 Å². The molecular weight excluding hydrogens is 382 g/mol. The Hall–Kier alpha value is -2.60. The van der Waals surface area contributed by atoms with Gasteiger partial charge in [-0.25, -0.2) is 4.98 Å². The molecule has 0 aliphatic rings. The largest absolute Gasteiger partial charge is 0.484 e. The van der Waals surface area contributed by atoms with Gasteiger partial charge in [-0.1, -0.05) is 28.1 Å². The zero-order valence-corrected chi connectivity index (χ0v) is 15.4. The molecule has 0 saturated carbocycles. The Kier molecular flexibility index (Phi) is 5.50. The molecule has 5 nitrogen and oxygen atoms in total. The number of nitrogens with zero attached hydrogens (tertiary/aromatic N) is 2. The fourth-order valence-electron chi connectivity index (χ4n) is 2.34. The van der Waals surface area contributed by atoms with Gasteiger partial charge in [-0.05, 0) is 48.9 Å². The molecule has 0 atom stereocenters. The molecule has 0 fully saturated rings. The number of hydrogen-bond donors (Lipinski definition) is 1. The Bertz CT molecular complexity index is 842. The molecule has 0 saturated heterocycles. The minimum Gasteiger partial charge on any atom is -0.484 e. The van der Waals surface area contributed by atoms with Crippen molar-refractivity contribution < 1.29 is 9.53 Å². The van der Waals surface area contributed by atoms with E-state index in [1.54, 1.807) is 6.20 Å². The van der Waals surface area contributed by atoms with Crippen molar-refractivity contribution in [1.82, 2.24) is 9.55 Å². The molecule has 0 spiro atoms. The smallest absolute Gasteiger partial charge is 0.262 e. The Labute approximate surface area is 154 Å². The van der Waals surface area contributed by atoms with Crippen molar-refractivity contribution >= 4 is 27.5 Å². The lowest BCUT2D eigenvalue weighted by atomic mass is 10.2. The molecule has 1 amide bonds. The van der Waals surface area contributed by atoms with Gasteiger partial charge >= 0.3 is 0 Å². The number of anilines is 1. The van der Waals surface area contributed by atoms with Crippen molar-refractivity contribution in [2.24, 2.45) is 0 Å². The second-order valence-corrected chi connectivity index (χ2v) is 6.51. The third-order valence-corrected chi connectivity index (χ3v) is 4.23. The van der Waals surface area contributed by atoms with E-state index in [0.29, 0.717) is 5.75 Å². The lowest BCUT2D eigenvalue weighted by Crippen LogP contribution is -2.20. The van der Waals surface area contributed by atoms with E-state index in [4.69, 9.17) is 4.74 Å². The number of ether oxygens (including phenoxy) is 1. The minimum atomic E-state index is -0.193. The van der Waals surface area contributed by atoms with Gasteiger partial charge in [0, 0.05) is 29.1 Å². The molecular formula is C19H18BrN3O2. The molecule has 2 aromatic carbocycles. The van der Waals surface area contributed by atoms with Crippen molar-refractivity contribution in [2.75, 3.05) is 11.9 Å². The van der Waals surface area contributed by atoms with E-state index in [1.807, 2.05) is 61.7 Å². The number of aromatic nitrogens is 2. The highest BCUT2D eigenvalue weighted by molar-refractivity contribution is 9.10. The number of benzene rings is 2. The molecule has 0 aliphatic carbocycles. The third kappa shape index (κ3) is 4.93. The van der Waals surface area contributed by atoms with Crippen LogP contribution in [0.1, 0.15) is 11.4 Å². The quantitative estimate of drug-likeness (QED) is 0.680. The van der Waals surface area contributed by atoms with E-state index in [1.165, 1.54) is 0 Å². The molecule has 6 heteroatoms. The zero-order chi connectivity index (χ0) is 17.6. The van der Waals surface area contributed by atoms with Crippen LogP contribution in [0.15, 0.2) is 65.4 Å². The first-order valence-electron chi connectivity index (χ1n) is 7.85. The maximum absolute atomic E-state index is 12.0.